The molecule has 1 unspecified atom stereocenters. The fourth-order valence-electron chi connectivity index (χ4n) is 3.55. The van der Waals surface area contributed by atoms with E-state index in [9.17, 15) is 14.0 Å². The molecule has 0 aromatic heterocycles. The number of carbonyl (C=O) groups excluding carboxylic acids is 2. The quantitative estimate of drug-likeness (QED) is 0.850. The molecule has 3 rings (SSSR count). The minimum Gasteiger partial charge on any atom is -0.349 e. The third-order valence-corrected chi connectivity index (χ3v) is 5.76. The molecule has 1 heterocycles. The van der Waals surface area contributed by atoms with Crippen LogP contribution in [0.25, 0.3) is 0 Å². The van der Waals surface area contributed by atoms with Gasteiger partial charge in [-0.1, -0.05) is 36.7 Å². The summed E-state index contributed by atoms with van der Waals surface area (Å²) in [6, 6.07) is 6.36. The fraction of sp³-hybridized carbons (Fsp3) is 0.556. The lowest BCUT2D eigenvalue weighted by molar-refractivity contribution is -0.122. The Labute approximate surface area is 146 Å². The van der Waals surface area contributed by atoms with Gasteiger partial charge in [-0.2, -0.15) is 0 Å². The van der Waals surface area contributed by atoms with Crippen LogP contribution in [-0.2, 0) is 4.79 Å². The van der Waals surface area contributed by atoms with E-state index in [4.69, 9.17) is 0 Å². The van der Waals surface area contributed by atoms with Gasteiger partial charge in [0.05, 0.1) is 6.04 Å². The van der Waals surface area contributed by atoms with Crippen LogP contribution in [0.5, 0.6) is 0 Å². The van der Waals surface area contributed by atoms with Crippen molar-refractivity contribution < 1.29 is 14.0 Å². The maximum absolute atomic E-state index is 13.2. The molecule has 0 bridgehead atoms. The molecular weight excluding hydrogens is 327 g/mol. The summed E-state index contributed by atoms with van der Waals surface area (Å²) in [5.74, 6) is 0.908. The summed E-state index contributed by atoms with van der Waals surface area (Å²) in [5.41, 5.74) is 0.962. The van der Waals surface area contributed by atoms with Crippen LogP contribution in [0.3, 0.4) is 0 Å². The Morgan fingerprint density at radius 1 is 1.29 bits per heavy atom. The average Bonchev–Trinajstić information content (AvgIpc) is 3.23. The van der Waals surface area contributed by atoms with Crippen LogP contribution in [0.2, 0.25) is 0 Å². The minimum absolute atomic E-state index is 0.0408. The number of thioether (sulfide) groups is 1. The Kier molecular flexibility index (Phi) is 5.76. The van der Waals surface area contributed by atoms with Crippen molar-refractivity contribution in [2.24, 2.45) is 5.92 Å². The van der Waals surface area contributed by atoms with Gasteiger partial charge < -0.3 is 10.2 Å². The summed E-state index contributed by atoms with van der Waals surface area (Å²) < 4.78 is 13.2. The van der Waals surface area contributed by atoms with Gasteiger partial charge in [-0.05, 0) is 36.5 Å². The molecule has 1 saturated heterocycles. The third kappa shape index (κ3) is 4.29. The van der Waals surface area contributed by atoms with Crippen molar-refractivity contribution in [2.75, 3.05) is 18.8 Å². The number of benzene rings is 1. The lowest BCUT2D eigenvalue weighted by Gasteiger charge is -2.26. The van der Waals surface area contributed by atoms with Crippen LogP contribution in [0.4, 0.5) is 9.18 Å². The van der Waals surface area contributed by atoms with Gasteiger partial charge in [0.25, 0.3) is 5.24 Å². The van der Waals surface area contributed by atoms with Crippen LogP contribution in [0, 0.1) is 11.7 Å². The molecule has 4 nitrogen and oxygen atoms in total. The summed E-state index contributed by atoms with van der Waals surface area (Å²) in [5, 5.41) is 3.19. The molecular formula is C18H23FN2O2S. The maximum Gasteiger partial charge on any atom is 0.281 e. The number of hydrogen-bond donors (Lipinski definition) is 1. The van der Waals surface area contributed by atoms with Crippen molar-refractivity contribution in [3.05, 3.63) is 35.6 Å². The Hall–Kier alpha value is -1.56. The smallest absolute Gasteiger partial charge is 0.281 e. The molecule has 2 amide bonds. The number of rotatable bonds is 6. The molecule has 24 heavy (non-hydrogen) atoms. The van der Waals surface area contributed by atoms with Crippen molar-refractivity contribution in [2.45, 2.75) is 38.1 Å². The first kappa shape index (κ1) is 17.3. The summed E-state index contributed by atoms with van der Waals surface area (Å²) in [7, 11) is 0. The molecule has 130 valence electrons. The molecule has 6 heteroatoms. The van der Waals surface area contributed by atoms with E-state index in [0.29, 0.717) is 18.9 Å². The first-order valence-electron chi connectivity index (χ1n) is 8.60. The number of hydrogen-bond acceptors (Lipinski definition) is 3. The number of nitrogens with one attached hydrogen (secondary N) is 1. The molecule has 1 aromatic carbocycles. The first-order valence-corrected chi connectivity index (χ1v) is 9.58. The molecule has 2 fully saturated rings. The summed E-state index contributed by atoms with van der Waals surface area (Å²) >= 11 is 1.31. The van der Waals surface area contributed by atoms with E-state index in [1.54, 1.807) is 17.0 Å². The second-order valence-electron chi connectivity index (χ2n) is 6.49. The lowest BCUT2D eigenvalue weighted by atomic mass is 9.91. The SMILES string of the molecule is O=C(CCN1CCSC1=O)NC(c1ccc(F)cc1)C1CCCC1. The van der Waals surface area contributed by atoms with Crippen molar-refractivity contribution in [1.29, 1.82) is 0 Å². The normalized spacial score (nSPS) is 19.7. The lowest BCUT2D eigenvalue weighted by Crippen LogP contribution is -2.35. The highest BCUT2D eigenvalue weighted by Crippen LogP contribution is 2.35. The van der Waals surface area contributed by atoms with Crippen LogP contribution in [-0.4, -0.2) is 34.9 Å². The number of carbonyl (C=O) groups is 2. The van der Waals surface area contributed by atoms with Crippen molar-refractivity contribution in [1.82, 2.24) is 10.2 Å². The zero-order valence-electron chi connectivity index (χ0n) is 13.7. The van der Waals surface area contributed by atoms with Crippen molar-refractivity contribution >= 4 is 22.9 Å². The fourth-order valence-corrected chi connectivity index (χ4v) is 4.40. The summed E-state index contributed by atoms with van der Waals surface area (Å²) in [4.78, 5) is 25.7. The highest BCUT2D eigenvalue weighted by atomic mass is 32.2. The summed E-state index contributed by atoms with van der Waals surface area (Å²) in [6.45, 7) is 1.19. The van der Waals surface area contributed by atoms with Crippen LogP contribution < -0.4 is 5.32 Å². The van der Waals surface area contributed by atoms with Crippen molar-refractivity contribution in [3.63, 3.8) is 0 Å². The van der Waals surface area contributed by atoms with E-state index in [2.05, 4.69) is 5.32 Å². The predicted molar refractivity (Wildman–Crippen MR) is 93.3 cm³/mol. The molecule has 1 aliphatic carbocycles. The molecule has 1 aliphatic heterocycles. The minimum atomic E-state index is -0.264. The highest BCUT2D eigenvalue weighted by Gasteiger charge is 2.28. The van der Waals surface area contributed by atoms with Crippen LogP contribution in [0.1, 0.15) is 43.7 Å². The van der Waals surface area contributed by atoms with Crippen LogP contribution >= 0.6 is 11.8 Å². The van der Waals surface area contributed by atoms with Gasteiger partial charge in [0, 0.05) is 25.3 Å². The zero-order valence-corrected chi connectivity index (χ0v) is 14.5. The van der Waals surface area contributed by atoms with E-state index in [1.807, 2.05) is 0 Å². The van der Waals surface area contributed by atoms with Gasteiger partial charge in [-0.3, -0.25) is 9.59 Å². The number of nitrogens with zero attached hydrogens (tertiary/aromatic N) is 1. The second-order valence-corrected chi connectivity index (χ2v) is 7.54. The van der Waals surface area contributed by atoms with Crippen LogP contribution in [0.15, 0.2) is 24.3 Å². The molecule has 1 aromatic rings. The van der Waals surface area contributed by atoms with Gasteiger partial charge in [-0.15, -0.1) is 0 Å². The second kappa shape index (κ2) is 8.01. The van der Waals surface area contributed by atoms with Gasteiger partial charge in [0.15, 0.2) is 0 Å². The molecule has 0 radical (unpaired) electrons. The maximum atomic E-state index is 13.2. The number of halogens is 1. The van der Waals surface area contributed by atoms with E-state index in [-0.39, 0.29) is 23.0 Å². The van der Waals surface area contributed by atoms with E-state index in [1.165, 1.54) is 36.7 Å². The Morgan fingerprint density at radius 2 is 2.00 bits per heavy atom. The third-order valence-electron chi connectivity index (χ3n) is 4.87. The largest absolute Gasteiger partial charge is 0.349 e. The zero-order chi connectivity index (χ0) is 16.9. The van der Waals surface area contributed by atoms with Gasteiger partial charge in [0.1, 0.15) is 5.82 Å². The molecule has 1 atom stereocenters. The van der Waals surface area contributed by atoms with E-state index < -0.39 is 0 Å². The summed E-state index contributed by atoms with van der Waals surface area (Å²) in [6.07, 6.45) is 4.85. The van der Waals surface area contributed by atoms with Gasteiger partial charge in [0.2, 0.25) is 5.91 Å². The Balaban J connectivity index is 1.61. The van der Waals surface area contributed by atoms with Crippen molar-refractivity contribution in [3.8, 4) is 0 Å². The monoisotopic (exact) mass is 350 g/mol. The van der Waals surface area contributed by atoms with E-state index in [0.717, 1.165) is 30.7 Å². The average molecular weight is 350 g/mol. The molecule has 2 aliphatic rings. The standard InChI is InChI=1S/C18H23FN2O2S/c19-15-7-5-14(6-8-15)17(13-3-1-2-4-13)20-16(22)9-10-21-11-12-24-18(21)23/h5-8,13,17H,1-4,9-12H2,(H,20,22). The van der Waals surface area contributed by atoms with E-state index >= 15 is 0 Å². The Morgan fingerprint density at radius 3 is 2.62 bits per heavy atom. The first-order chi connectivity index (χ1) is 11.6. The topological polar surface area (TPSA) is 49.4 Å². The number of amides is 2. The molecule has 0 spiro atoms. The molecule has 1 N–H and O–H groups in total. The van der Waals surface area contributed by atoms with Gasteiger partial charge in [-0.25, -0.2) is 4.39 Å². The molecule has 1 saturated carbocycles. The van der Waals surface area contributed by atoms with Gasteiger partial charge >= 0.3 is 0 Å². The highest BCUT2D eigenvalue weighted by molar-refractivity contribution is 8.13. The Bertz CT molecular complexity index is 587. The predicted octanol–water partition coefficient (Wildman–Crippen LogP) is 3.73.